The van der Waals surface area contributed by atoms with Crippen LogP contribution in [0.2, 0.25) is 5.02 Å². The molecule has 1 atom stereocenters. The number of hydrogen-bond acceptors (Lipinski definition) is 5. The van der Waals surface area contributed by atoms with E-state index in [2.05, 4.69) is 10.4 Å². The van der Waals surface area contributed by atoms with Gasteiger partial charge < -0.3 is 10.1 Å². The van der Waals surface area contributed by atoms with Gasteiger partial charge in [0.1, 0.15) is 5.02 Å². The predicted octanol–water partition coefficient (Wildman–Crippen LogP) is 3.75. The van der Waals surface area contributed by atoms with Crippen LogP contribution in [0.5, 0.6) is 0 Å². The fourth-order valence-electron chi connectivity index (χ4n) is 5.28. The first-order chi connectivity index (χ1) is 16.0. The zero-order valence-electron chi connectivity index (χ0n) is 18.9. The molecular formula is C24H30ClN5O3. The summed E-state index contributed by atoms with van der Waals surface area (Å²) in [6, 6.07) is 7.99. The topological polar surface area (TPSA) is 83.1 Å². The molecule has 0 radical (unpaired) electrons. The molecule has 2 aromatic heterocycles. The van der Waals surface area contributed by atoms with Gasteiger partial charge in [0, 0.05) is 26.2 Å². The maximum absolute atomic E-state index is 13.0. The highest BCUT2D eigenvalue weighted by Crippen LogP contribution is 2.35. The quantitative estimate of drug-likeness (QED) is 0.612. The van der Waals surface area contributed by atoms with Crippen LogP contribution < -0.4 is 16.6 Å². The van der Waals surface area contributed by atoms with E-state index in [0.717, 1.165) is 69.3 Å². The summed E-state index contributed by atoms with van der Waals surface area (Å²) >= 11 is 6.43. The van der Waals surface area contributed by atoms with Crippen molar-refractivity contribution in [2.45, 2.75) is 50.6 Å². The standard InChI is InChI=1S/C24H30ClN5O3/c1-28-20-6-2-3-7-21(20)29(24(28)32)17-8-10-18(11-9-17)30-23(31)22(25)19(14-27-30)26-13-16-5-4-12-33-15-16/h2-3,6-7,14,16-18,26H,4-5,8-13,15H2,1H3/t16-,17-,18+/m1/s1. The fourth-order valence-corrected chi connectivity index (χ4v) is 5.49. The van der Waals surface area contributed by atoms with Crippen LogP contribution in [0.25, 0.3) is 11.0 Å². The van der Waals surface area contributed by atoms with Crippen LogP contribution in [-0.2, 0) is 11.8 Å². The average molecular weight is 472 g/mol. The molecule has 0 spiro atoms. The Balaban J connectivity index is 1.28. The molecule has 1 saturated heterocycles. The van der Waals surface area contributed by atoms with E-state index in [-0.39, 0.29) is 28.4 Å². The number of aryl methyl sites for hydroxylation is 1. The van der Waals surface area contributed by atoms with Crippen LogP contribution in [0.4, 0.5) is 5.69 Å². The molecule has 33 heavy (non-hydrogen) atoms. The summed E-state index contributed by atoms with van der Waals surface area (Å²) in [6.45, 7) is 2.28. The Bertz CT molecular complexity index is 1250. The molecule has 0 amide bonds. The van der Waals surface area contributed by atoms with Crippen LogP contribution in [0.3, 0.4) is 0 Å². The van der Waals surface area contributed by atoms with E-state index < -0.39 is 0 Å². The third-order valence-corrected chi connectivity index (χ3v) is 7.52. The Morgan fingerprint density at radius 1 is 1.09 bits per heavy atom. The Morgan fingerprint density at radius 3 is 2.55 bits per heavy atom. The SMILES string of the molecule is Cn1c(=O)n([C@H]2CC[C@@H](n3ncc(NC[C@H]4CCCOC4)c(Cl)c3=O)CC2)c2ccccc21. The molecule has 2 aliphatic rings. The molecule has 1 N–H and O–H groups in total. The van der Waals surface area contributed by atoms with Crippen molar-refractivity contribution in [3.63, 3.8) is 0 Å². The zero-order chi connectivity index (χ0) is 22.9. The molecule has 1 saturated carbocycles. The summed E-state index contributed by atoms with van der Waals surface area (Å²) in [4.78, 5) is 25.8. The van der Waals surface area contributed by atoms with Gasteiger partial charge in [-0.1, -0.05) is 23.7 Å². The summed E-state index contributed by atoms with van der Waals surface area (Å²) in [7, 11) is 1.81. The number of nitrogens with zero attached hydrogens (tertiary/aromatic N) is 4. The van der Waals surface area contributed by atoms with E-state index in [1.807, 2.05) is 35.9 Å². The molecule has 9 heteroatoms. The first-order valence-electron chi connectivity index (χ1n) is 11.8. The van der Waals surface area contributed by atoms with Crippen molar-refractivity contribution in [2.24, 2.45) is 13.0 Å². The Kier molecular flexibility index (Phi) is 6.29. The molecular weight excluding hydrogens is 442 g/mol. The smallest absolute Gasteiger partial charge is 0.329 e. The lowest BCUT2D eigenvalue weighted by Crippen LogP contribution is -2.33. The second kappa shape index (κ2) is 9.35. The van der Waals surface area contributed by atoms with Crippen LogP contribution in [-0.4, -0.2) is 38.7 Å². The maximum atomic E-state index is 13.0. The minimum Gasteiger partial charge on any atom is -0.382 e. The Hall–Kier alpha value is -2.58. The number of nitrogens with one attached hydrogen (secondary N) is 1. The summed E-state index contributed by atoms with van der Waals surface area (Å²) in [6.07, 6.45) is 7.00. The highest BCUT2D eigenvalue weighted by atomic mass is 35.5. The molecule has 3 aromatic rings. The fraction of sp³-hybridized carbons (Fsp3) is 0.542. The normalized spacial score (nSPS) is 23.6. The lowest BCUT2D eigenvalue weighted by molar-refractivity contribution is 0.0595. The second-order valence-corrected chi connectivity index (χ2v) is 9.63. The van der Waals surface area contributed by atoms with Crippen molar-refractivity contribution in [2.75, 3.05) is 25.1 Å². The molecule has 1 aliphatic carbocycles. The number of imidazole rings is 1. The van der Waals surface area contributed by atoms with Crippen molar-refractivity contribution in [1.29, 1.82) is 0 Å². The number of aromatic nitrogens is 4. The van der Waals surface area contributed by atoms with Crippen LogP contribution in [0, 0.1) is 5.92 Å². The van der Waals surface area contributed by atoms with Crippen molar-refractivity contribution < 1.29 is 4.74 Å². The number of halogens is 1. The van der Waals surface area contributed by atoms with Crippen molar-refractivity contribution in [1.82, 2.24) is 18.9 Å². The lowest BCUT2D eigenvalue weighted by atomic mass is 9.91. The third kappa shape index (κ3) is 4.22. The number of fused-ring (bicyclic) bond motifs is 1. The van der Waals surface area contributed by atoms with Crippen molar-refractivity contribution in [3.05, 3.63) is 56.3 Å². The molecule has 1 aliphatic heterocycles. The molecule has 5 rings (SSSR count). The van der Waals surface area contributed by atoms with E-state index >= 15 is 0 Å². The zero-order valence-corrected chi connectivity index (χ0v) is 19.6. The largest absolute Gasteiger partial charge is 0.382 e. The molecule has 1 aromatic carbocycles. The van der Waals surface area contributed by atoms with Gasteiger partial charge >= 0.3 is 5.69 Å². The molecule has 176 valence electrons. The van der Waals surface area contributed by atoms with E-state index in [4.69, 9.17) is 16.3 Å². The minimum absolute atomic E-state index is 0.0109. The van der Waals surface area contributed by atoms with Crippen LogP contribution >= 0.6 is 11.6 Å². The van der Waals surface area contributed by atoms with Gasteiger partial charge in [-0.25, -0.2) is 9.48 Å². The third-order valence-electron chi connectivity index (χ3n) is 7.15. The van der Waals surface area contributed by atoms with Crippen LogP contribution in [0.15, 0.2) is 40.1 Å². The van der Waals surface area contributed by atoms with E-state index in [9.17, 15) is 9.59 Å². The summed E-state index contributed by atoms with van der Waals surface area (Å²) in [5.74, 6) is 0.421. The number of rotatable bonds is 5. The number of ether oxygens (including phenoxy) is 1. The number of anilines is 1. The number of para-hydroxylation sites is 2. The Morgan fingerprint density at radius 2 is 1.82 bits per heavy atom. The maximum Gasteiger partial charge on any atom is 0.329 e. The molecule has 8 nitrogen and oxygen atoms in total. The molecule has 0 bridgehead atoms. The molecule has 2 fully saturated rings. The summed E-state index contributed by atoms with van der Waals surface area (Å²) < 4.78 is 10.7. The van der Waals surface area contributed by atoms with E-state index in [1.165, 1.54) is 4.68 Å². The summed E-state index contributed by atoms with van der Waals surface area (Å²) in [5.41, 5.74) is 2.24. The van der Waals surface area contributed by atoms with Gasteiger partial charge in [0.2, 0.25) is 0 Å². The monoisotopic (exact) mass is 471 g/mol. The van der Waals surface area contributed by atoms with Crippen molar-refractivity contribution in [3.8, 4) is 0 Å². The average Bonchev–Trinajstić information content (AvgIpc) is 3.11. The molecule has 0 unspecified atom stereocenters. The number of hydrogen-bond donors (Lipinski definition) is 1. The van der Waals surface area contributed by atoms with Gasteiger partial charge in [-0.05, 0) is 56.6 Å². The van der Waals surface area contributed by atoms with E-state index in [1.54, 1.807) is 10.8 Å². The van der Waals surface area contributed by atoms with Gasteiger partial charge in [0.25, 0.3) is 5.56 Å². The van der Waals surface area contributed by atoms with Gasteiger partial charge in [0.15, 0.2) is 0 Å². The summed E-state index contributed by atoms with van der Waals surface area (Å²) in [5, 5.41) is 7.92. The minimum atomic E-state index is -0.257. The van der Waals surface area contributed by atoms with Crippen LogP contribution in [0.1, 0.15) is 50.6 Å². The highest BCUT2D eigenvalue weighted by molar-refractivity contribution is 6.32. The Labute approximate surface area is 197 Å². The molecule has 3 heterocycles. The van der Waals surface area contributed by atoms with Gasteiger partial charge in [-0.15, -0.1) is 0 Å². The predicted molar refractivity (Wildman–Crippen MR) is 129 cm³/mol. The van der Waals surface area contributed by atoms with Gasteiger partial charge in [-0.2, -0.15) is 5.10 Å². The first kappa shape index (κ1) is 22.2. The van der Waals surface area contributed by atoms with Gasteiger partial charge in [-0.3, -0.25) is 13.9 Å². The van der Waals surface area contributed by atoms with Crippen molar-refractivity contribution >= 4 is 28.3 Å². The number of benzene rings is 1. The van der Waals surface area contributed by atoms with E-state index in [0.29, 0.717) is 11.6 Å². The first-order valence-corrected chi connectivity index (χ1v) is 12.2. The highest BCUT2D eigenvalue weighted by Gasteiger charge is 2.28. The van der Waals surface area contributed by atoms with Gasteiger partial charge in [0.05, 0.1) is 35.6 Å². The lowest BCUT2D eigenvalue weighted by Gasteiger charge is -2.30. The second-order valence-electron chi connectivity index (χ2n) is 9.25.